The van der Waals surface area contributed by atoms with Crippen molar-refractivity contribution in [2.75, 3.05) is 0 Å². The summed E-state index contributed by atoms with van der Waals surface area (Å²) >= 11 is 6.13. The van der Waals surface area contributed by atoms with Crippen LogP contribution >= 0.6 is 11.6 Å². The molecule has 0 bridgehead atoms. The topological polar surface area (TPSA) is 48.0 Å². The average molecular weight is 301 g/mol. The minimum atomic E-state index is -0.293. The summed E-state index contributed by atoms with van der Waals surface area (Å²) < 4.78 is 6.97. The molecule has 2 heterocycles. The third-order valence-electron chi connectivity index (χ3n) is 3.16. The van der Waals surface area contributed by atoms with Crippen molar-refractivity contribution >= 4 is 17.5 Å². The Bertz CT molecular complexity index is 817. The van der Waals surface area contributed by atoms with Crippen LogP contribution in [0.15, 0.2) is 46.9 Å². The second kappa shape index (κ2) is 5.22. The molecular formula is C16H13ClN2O2. The minimum absolute atomic E-state index is 0.233. The quantitative estimate of drug-likeness (QED) is 0.716. The maximum atomic E-state index is 12.4. The van der Waals surface area contributed by atoms with Crippen molar-refractivity contribution in [2.24, 2.45) is 0 Å². The molecule has 0 unspecified atom stereocenters. The highest BCUT2D eigenvalue weighted by Crippen LogP contribution is 2.29. The number of carbonyl (C=O) groups is 1. The first-order valence-electron chi connectivity index (χ1n) is 6.49. The molecule has 0 aliphatic rings. The lowest BCUT2D eigenvalue weighted by atomic mass is 10.2. The van der Waals surface area contributed by atoms with E-state index >= 15 is 0 Å². The van der Waals surface area contributed by atoms with Crippen LogP contribution in [-0.4, -0.2) is 15.7 Å². The van der Waals surface area contributed by atoms with Gasteiger partial charge in [0.2, 0.25) is 0 Å². The molecule has 0 N–H and O–H groups in total. The van der Waals surface area contributed by atoms with Gasteiger partial charge in [-0.05, 0) is 44.2 Å². The fourth-order valence-electron chi connectivity index (χ4n) is 2.20. The van der Waals surface area contributed by atoms with Gasteiger partial charge in [-0.15, -0.1) is 0 Å². The largest absolute Gasteiger partial charge is 0.451 e. The molecule has 0 saturated carbocycles. The van der Waals surface area contributed by atoms with Crippen LogP contribution in [0.25, 0.3) is 11.3 Å². The number of benzene rings is 1. The summed E-state index contributed by atoms with van der Waals surface area (Å²) in [5, 5.41) is 4.75. The molecule has 3 aromatic rings. The van der Waals surface area contributed by atoms with E-state index in [0.717, 1.165) is 17.0 Å². The lowest BCUT2D eigenvalue weighted by Crippen LogP contribution is -2.14. The van der Waals surface area contributed by atoms with Crippen LogP contribution in [0.1, 0.15) is 21.9 Å². The average Bonchev–Trinajstić information content (AvgIpc) is 3.05. The standard InChI is InChI=1S/C16H13ClN2O2/c1-10-9-11(2)19(18-10)16(20)15-8-7-14(21-15)12-5-3-4-6-13(12)17/h3-9H,1-2H3. The third-order valence-corrected chi connectivity index (χ3v) is 3.49. The van der Waals surface area contributed by atoms with Gasteiger partial charge in [0, 0.05) is 11.3 Å². The van der Waals surface area contributed by atoms with Crippen LogP contribution in [-0.2, 0) is 0 Å². The van der Waals surface area contributed by atoms with E-state index in [9.17, 15) is 4.79 Å². The van der Waals surface area contributed by atoms with Crippen molar-refractivity contribution in [1.82, 2.24) is 9.78 Å². The fraction of sp³-hybridized carbons (Fsp3) is 0.125. The lowest BCUT2D eigenvalue weighted by Gasteiger charge is -2.01. The van der Waals surface area contributed by atoms with Crippen LogP contribution in [0.4, 0.5) is 0 Å². The monoisotopic (exact) mass is 300 g/mol. The number of aromatic nitrogens is 2. The van der Waals surface area contributed by atoms with Crippen LogP contribution in [0.2, 0.25) is 5.02 Å². The Morgan fingerprint density at radius 2 is 1.95 bits per heavy atom. The van der Waals surface area contributed by atoms with Crippen LogP contribution in [0.5, 0.6) is 0 Å². The number of rotatable bonds is 2. The first-order chi connectivity index (χ1) is 10.1. The highest BCUT2D eigenvalue weighted by molar-refractivity contribution is 6.33. The molecule has 106 valence electrons. The number of hydrogen-bond acceptors (Lipinski definition) is 3. The molecule has 4 nitrogen and oxygen atoms in total. The maximum absolute atomic E-state index is 12.4. The van der Waals surface area contributed by atoms with E-state index in [-0.39, 0.29) is 11.7 Å². The first-order valence-corrected chi connectivity index (χ1v) is 6.87. The molecule has 0 spiro atoms. The van der Waals surface area contributed by atoms with Gasteiger partial charge in [-0.2, -0.15) is 9.78 Å². The van der Waals surface area contributed by atoms with E-state index in [2.05, 4.69) is 5.10 Å². The smallest absolute Gasteiger partial charge is 0.314 e. The minimum Gasteiger partial charge on any atom is -0.451 e. The van der Waals surface area contributed by atoms with Gasteiger partial charge in [-0.1, -0.05) is 23.7 Å². The van der Waals surface area contributed by atoms with Gasteiger partial charge in [0.05, 0.1) is 10.7 Å². The zero-order chi connectivity index (χ0) is 15.0. The number of halogens is 1. The van der Waals surface area contributed by atoms with E-state index < -0.39 is 0 Å². The molecule has 1 aromatic carbocycles. The van der Waals surface area contributed by atoms with Crippen LogP contribution < -0.4 is 0 Å². The molecule has 0 fully saturated rings. The Morgan fingerprint density at radius 3 is 2.62 bits per heavy atom. The molecule has 0 amide bonds. The van der Waals surface area contributed by atoms with Gasteiger partial charge in [-0.3, -0.25) is 4.79 Å². The second-order valence-electron chi connectivity index (χ2n) is 4.79. The highest BCUT2D eigenvalue weighted by Gasteiger charge is 2.17. The van der Waals surface area contributed by atoms with Crippen LogP contribution in [0.3, 0.4) is 0 Å². The molecule has 0 saturated heterocycles. The molecule has 2 aromatic heterocycles. The third kappa shape index (κ3) is 2.50. The van der Waals surface area contributed by atoms with Gasteiger partial charge in [0.25, 0.3) is 0 Å². The second-order valence-corrected chi connectivity index (χ2v) is 5.19. The SMILES string of the molecule is Cc1cc(C)n(C(=O)c2ccc(-c3ccccc3Cl)o2)n1. The van der Waals surface area contributed by atoms with E-state index in [1.54, 1.807) is 18.2 Å². The van der Waals surface area contributed by atoms with Gasteiger partial charge in [0.1, 0.15) is 5.76 Å². The Morgan fingerprint density at radius 1 is 1.19 bits per heavy atom. The van der Waals surface area contributed by atoms with E-state index in [1.807, 2.05) is 38.1 Å². The number of furan rings is 1. The van der Waals surface area contributed by atoms with Crippen molar-refractivity contribution in [3.05, 3.63) is 64.6 Å². The maximum Gasteiger partial charge on any atom is 0.314 e. The van der Waals surface area contributed by atoms with E-state index in [4.69, 9.17) is 16.0 Å². The number of carbonyl (C=O) groups excluding carboxylic acids is 1. The highest BCUT2D eigenvalue weighted by atomic mass is 35.5. The summed E-state index contributed by atoms with van der Waals surface area (Å²) in [6, 6.07) is 12.6. The molecule has 0 radical (unpaired) electrons. The van der Waals surface area contributed by atoms with Crippen molar-refractivity contribution in [3.8, 4) is 11.3 Å². The van der Waals surface area contributed by atoms with Gasteiger partial charge in [0.15, 0.2) is 5.76 Å². The zero-order valence-electron chi connectivity index (χ0n) is 11.6. The normalized spacial score (nSPS) is 10.8. The molecule has 0 aliphatic heterocycles. The molecule has 21 heavy (non-hydrogen) atoms. The molecule has 0 aliphatic carbocycles. The summed E-state index contributed by atoms with van der Waals surface area (Å²) in [5.41, 5.74) is 2.32. The summed E-state index contributed by atoms with van der Waals surface area (Å²) in [4.78, 5) is 12.4. The number of hydrogen-bond donors (Lipinski definition) is 0. The number of nitrogens with zero attached hydrogens (tertiary/aromatic N) is 2. The first kappa shape index (κ1) is 13.6. The summed E-state index contributed by atoms with van der Waals surface area (Å²) in [7, 11) is 0. The van der Waals surface area contributed by atoms with Crippen molar-refractivity contribution in [2.45, 2.75) is 13.8 Å². The summed E-state index contributed by atoms with van der Waals surface area (Å²) in [5.74, 6) is 0.500. The van der Waals surface area contributed by atoms with Gasteiger partial charge in [-0.25, -0.2) is 0 Å². The molecule has 3 rings (SSSR count). The Kier molecular flexibility index (Phi) is 3.39. The molecule has 5 heteroatoms. The predicted molar refractivity (Wildman–Crippen MR) is 80.6 cm³/mol. The molecular weight excluding hydrogens is 288 g/mol. The Labute approximate surface area is 127 Å². The van der Waals surface area contributed by atoms with Crippen molar-refractivity contribution in [1.29, 1.82) is 0 Å². The lowest BCUT2D eigenvalue weighted by molar-refractivity contribution is 0.0915. The van der Waals surface area contributed by atoms with E-state index in [0.29, 0.717) is 10.8 Å². The van der Waals surface area contributed by atoms with E-state index in [1.165, 1.54) is 4.68 Å². The zero-order valence-corrected chi connectivity index (χ0v) is 12.4. The molecule has 0 atom stereocenters. The Balaban J connectivity index is 1.97. The predicted octanol–water partition coefficient (Wildman–Crippen LogP) is 4.10. The van der Waals surface area contributed by atoms with Crippen LogP contribution in [0, 0.1) is 13.8 Å². The van der Waals surface area contributed by atoms with Crippen molar-refractivity contribution in [3.63, 3.8) is 0 Å². The van der Waals surface area contributed by atoms with Gasteiger partial charge < -0.3 is 4.42 Å². The summed E-state index contributed by atoms with van der Waals surface area (Å²) in [6.45, 7) is 3.67. The Hall–Kier alpha value is -2.33. The number of aryl methyl sites for hydroxylation is 2. The fourth-order valence-corrected chi connectivity index (χ4v) is 2.43. The summed E-state index contributed by atoms with van der Waals surface area (Å²) in [6.07, 6.45) is 0. The van der Waals surface area contributed by atoms with Gasteiger partial charge >= 0.3 is 5.91 Å². The van der Waals surface area contributed by atoms with Crippen molar-refractivity contribution < 1.29 is 9.21 Å².